The molecule has 3 atom stereocenters. The number of benzene rings is 2. The molecule has 1 aromatic heterocycles. The smallest absolute Gasteiger partial charge is 0.413 e. The van der Waals surface area contributed by atoms with Gasteiger partial charge in [-0.15, -0.1) is 0 Å². The number of ether oxygens (including phenoxy) is 1. The number of sulfonamides is 1. The number of nitrogens with zero attached hydrogens (tertiary/aromatic N) is 2. The zero-order valence-corrected chi connectivity index (χ0v) is 27.1. The minimum atomic E-state index is -4.13. The molecule has 12 nitrogen and oxygen atoms in total. The van der Waals surface area contributed by atoms with Gasteiger partial charge in [-0.1, -0.05) is 62.4 Å². The second-order valence-corrected chi connectivity index (χ2v) is 16.0. The first kappa shape index (κ1) is 34.4. The standard InChI is InChI=1S/C28H38N4O8S3/c1-18(2)15-32(43(38,39)21-11-12-22-25(14-21)41-27(30-22)31-28(35)40-4)16-24(33)23(13-20-9-7-6-8-10-20)29-26(34)19(3)17-42(5,36)37/h6-12,14,18-19,23-24,33H,13,15-17H2,1-5H3,(H,29,34)(H,30,31,35). The van der Waals surface area contributed by atoms with Crippen molar-refractivity contribution in [2.75, 3.05) is 37.5 Å². The largest absolute Gasteiger partial charge is 0.453 e. The van der Waals surface area contributed by atoms with Gasteiger partial charge in [-0.3, -0.25) is 10.1 Å². The van der Waals surface area contributed by atoms with Crippen molar-refractivity contribution in [2.24, 2.45) is 11.8 Å². The Balaban J connectivity index is 1.90. The van der Waals surface area contributed by atoms with Crippen LogP contribution < -0.4 is 10.6 Å². The maximum absolute atomic E-state index is 13.9. The van der Waals surface area contributed by atoms with Crippen molar-refractivity contribution < 1.29 is 36.3 Å². The number of sulfone groups is 1. The van der Waals surface area contributed by atoms with Crippen LogP contribution in [-0.2, 0) is 35.8 Å². The monoisotopic (exact) mass is 654 g/mol. The van der Waals surface area contributed by atoms with E-state index in [0.29, 0.717) is 10.2 Å². The van der Waals surface area contributed by atoms with Gasteiger partial charge >= 0.3 is 6.09 Å². The van der Waals surface area contributed by atoms with E-state index in [1.807, 2.05) is 44.2 Å². The van der Waals surface area contributed by atoms with E-state index < -0.39 is 49.9 Å². The number of carbonyl (C=O) groups is 2. The summed E-state index contributed by atoms with van der Waals surface area (Å²) in [5.41, 5.74) is 1.28. The average molecular weight is 655 g/mol. The molecule has 0 aliphatic rings. The van der Waals surface area contributed by atoms with Crippen molar-refractivity contribution in [3.63, 3.8) is 0 Å². The molecular formula is C28H38N4O8S3. The van der Waals surface area contributed by atoms with Crippen LogP contribution in [0, 0.1) is 11.8 Å². The number of thiazole rings is 1. The van der Waals surface area contributed by atoms with Crippen molar-refractivity contribution in [1.82, 2.24) is 14.6 Å². The molecule has 3 N–H and O–H groups in total. The molecule has 236 valence electrons. The van der Waals surface area contributed by atoms with E-state index in [2.05, 4.69) is 20.4 Å². The van der Waals surface area contributed by atoms with Crippen LogP contribution in [0.3, 0.4) is 0 Å². The Hall–Kier alpha value is -3.11. The molecule has 43 heavy (non-hydrogen) atoms. The lowest BCUT2D eigenvalue weighted by molar-refractivity contribution is -0.125. The van der Waals surface area contributed by atoms with Crippen LogP contribution in [-0.4, -0.2) is 87.6 Å². The summed E-state index contributed by atoms with van der Waals surface area (Å²) >= 11 is 1.08. The number of rotatable bonds is 14. The molecule has 0 saturated carbocycles. The lowest BCUT2D eigenvalue weighted by atomic mass is 10.00. The molecule has 2 aromatic carbocycles. The lowest BCUT2D eigenvalue weighted by Crippen LogP contribution is -2.52. The summed E-state index contributed by atoms with van der Waals surface area (Å²) in [6.45, 7) is 4.95. The van der Waals surface area contributed by atoms with Crippen LogP contribution >= 0.6 is 11.3 Å². The zero-order valence-electron chi connectivity index (χ0n) is 24.7. The van der Waals surface area contributed by atoms with E-state index in [4.69, 9.17) is 0 Å². The summed E-state index contributed by atoms with van der Waals surface area (Å²) in [5.74, 6) is -1.89. The highest BCUT2D eigenvalue weighted by Crippen LogP contribution is 2.30. The molecule has 3 rings (SSSR count). The molecule has 0 radical (unpaired) electrons. The summed E-state index contributed by atoms with van der Waals surface area (Å²) < 4.78 is 57.6. The van der Waals surface area contributed by atoms with Gasteiger partial charge in [0.1, 0.15) is 9.84 Å². The Morgan fingerprint density at radius 2 is 1.72 bits per heavy atom. The van der Waals surface area contributed by atoms with Crippen LogP contribution in [0.1, 0.15) is 26.3 Å². The maximum atomic E-state index is 13.9. The zero-order chi connectivity index (χ0) is 31.9. The number of anilines is 1. The van der Waals surface area contributed by atoms with Crippen molar-refractivity contribution >= 4 is 58.5 Å². The van der Waals surface area contributed by atoms with Gasteiger partial charge in [-0.25, -0.2) is 26.6 Å². The number of aliphatic hydroxyl groups excluding tert-OH is 1. The predicted molar refractivity (Wildman–Crippen MR) is 166 cm³/mol. The summed E-state index contributed by atoms with van der Waals surface area (Å²) in [7, 11) is -6.34. The first-order valence-corrected chi connectivity index (χ1v) is 17.9. The first-order chi connectivity index (χ1) is 20.1. The Labute approximate surface area is 256 Å². The SMILES string of the molecule is COC(=O)Nc1nc2ccc(S(=O)(=O)N(CC(C)C)CC(O)C(Cc3ccccc3)NC(=O)C(C)CS(C)(=O)=O)cc2s1. The third-order valence-corrected chi connectivity index (χ3v) is 10.3. The molecule has 0 aliphatic carbocycles. The van der Waals surface area contributed by atoms with Crippen molar-refractivity contribution in [1.29, 1.82) is 0 Å². The summed E-state index contributed by atoms with van der Waals surface area (Å²) in [6.07, 6.45) is -0.794. The summed E-state index contributed by atoms with van der Waals surface area (Å²) in [6, 6.07) is 12.6. The molecule has 3 aromatic rings. The van der Waals surface area contributed by atoms with Gasteiger partial charge in [0.2, 0.25) is 15.9 Å². The van der Waals surface area contributed by atoms with Crippen LogP contribution in [0.2, 0.25) is 0 Å². The van der Waals surface area contributed by atoms with E-state index in [1.165, 1.54) is 36.5 Å². The van der Waals surface area contributed by atoms with Crippen LogP contribution in [0.25, 0.3) is 10.2 Å². The van der Waals surface area contributed by atoms with E-state index >= 15 is 0 Å². The van der Waals surface area contributed by atoms with Crippen molar-refractivity contribution in [3.8, 4) is 0 Å². The molecular weight excluding hydrogens is 617 g/mol. The Morgan fingerprint density at radius 3 is 2.33 bits per heavy atom. The fraction of sp³-hybridized carbons (Fsp3) is 0.464. The number of nitrogens with one attached hydrogen (secondary N) is 2. The lowest BCUT2D eigenvalue weighted by Gasteiger charge is -2.31. The van der Waals surface area contributed by atoms with Gasteiger partial charge in [0, 0.05) is 25.3 Å². The Kier molecular flexibility index (Phi) is 11.7. The topological polar surface area (TPSA) is 172 Å². The number of aromatic nitrogens is 1. The fourth-order valence-corrected chi connectivity index (χ4v) is 8.10. The highest BCUT2D eigenvalue weighted by molar-refractivity contribution is 7.90. The Morgan fingerprint density at radius 1 is 1.05 bits per heavy atom. The minimum absolute atomic E-state index is 0.0217. The molecule has 0 spiro atoms. The van der Waals surface area contributed by atoms with Gasteiger partial charge in [-0.2, -0.15) is 4.31 Å². The predicted octanol–water partition coefficient (Wildman–Crippen LogP) is 2.89. The van der Waals surface area contributed by atoms with Crippen LogP contribution in [0.15, 0.2) is 53.4 Å². The number of aliphatic hydroxyl groups is 1. The van der Waals surface area contributed by atoms with Gasteiger partial charge in [0.15, 0.2) is 5.13 Å². The highest BCUT2D eigenvalue weighted by atomic mass is 32.2. The minimum Gasteiger partial charge on any atom is -0.453 e. The average Bonchev–Trinajstić information content (AvgIpc) is 3.33. The second kappa shape index (κ2) is 14.6. The second-order valence-electron chi connectivity index (χ2n) is 10.8. The van der Waals surface area contributed by atoms with Gasteiger partial charge in [-0.05, 0) is 36.1 Å². The molecule has 1 heterocycles. The molecule has 0 bridgehead atoms. The summed E-state index contributed by atoms with van der Waals surface area (Å²) in [4.78, 5) is 28.8. The molecule has 0 saturated heterocycles. The number of amides is 2. The third-order valence-electron chi connectivity index (χ3n) is 6.44. The maximum Gasteiger partial charge on any atom is 0.413 e. The summed E-state index contributed by atoms with van der Waals surface area (Å²) in [5, 5.41) is 16.9. The third kappa shape index (κ3) is 9.96. The number of hydrogen-bond donors (Lipinski definition) is 3. The van der Waals surface area contributed by atoms with E-state index in [0.717, 1.165) is 23.2 Å². The van der Waals surface area contributed by atoms with Gasteiger partial charge < -0.3 is 15.2 Å². The molecule has 2 amide bonds. The molecule has 3 unspecified atom stereocenters. The van der Waals surface area contributed by atoms with Crippen molar-refractivity contribution in [3.05, 3.63) is 54.1 Å². The number of hydrogen-bond acceptors (Lipinski definition) is 10. The van der Waals surface area contributed by atoms with Crippen LogP contribution in [0.4, 0.5) is 9.93 Å². The normalized spacial score (nSPS) is 14.4. The van der Waals surface area contributed by atoms with E-state index in [1.54, 1.807) is 0 Å². The fourth-order valence-electron chi connectivity index (χ4n) is 4.43. The number of carbonyl (C=O) groups excluding carboxylic acids is 2. The van der Waals surface area contributed by atoms with Crippen LogP contribution in [0.5, 0.6) is 0 Å². The van der Waals surface area contributed by atoms with E-state index in [-0.39, 0.29) is 41.2 Å². The van der Waals surface area contributed by atoms with Gasteiger partial charge in [0.25, 0.3) is 0 Å². The number of fused-ring (bicyclic) bond motifs is 1. The van der Waals surface area contributed by atoms with Crippen molar-refractivity contribution in [2.45, 2.75) is 44.2 Å². The van der Waals surface area contributed by atoms with E-state index in [9.17, 15) is 31.5 Å². The van der Waals surface area contributed by atoms with Gasteiger partial charge in [0.05, 0.1) is 40.1 Å². The number of methoxy groups -OCH3 is 1. The Bertz CT molecular complexity index is 1630. The first-order valence-electron chi connectivity index (χ1n) is 13.5. The quantitative estimate of drug-likeness (QED) is 0.236. The molecule has 15 heteroatoms. The molecule has 0 fully saturated rings. The molecule has 0 aliphatic heterocycles. The highest BCUT2D eigenvalue weighted by Gasteiger charge is 2.32.